The van der Waals surface area contributed by atoms with Crippen molar-refractivity contribution in [2.45, 2.75) is 19.4 Å². The zero-order valence-corrected chi connectivity index (χ0v) is 12.2. The second kappa shape index (κ2) is 6.39. The minimum atomic E-state index is 0.237. The minimum Gasteiger partial charge on any atom is -0.496 e. The molecule has 0 radical (unpaired) electrons. The minimum absolute atomic E-state index is 0.237. The van der Waals surface area contributed by atoms with Gasteiger partial charge in [0.25, 0.3) is 0 Å². The average Bonchev–Trinajstić information content (AvgIpc) is 2.44. The number of hydrogen-bond acceptors (Lipinski definition) is 4. The monoisotopic (exact) mass is 271 g/mol. The zero-order valence-electron chi connectivity index (χ0n) is 12.2. The molecule has 0 aliphatic carbocycles. The molecule has 0 saturated carbocycles. The highest BCUT2D eigenvalue weighted by molar-refractivity contribution is 5.38. The van der Waals surface area contributed by atoms with Gasteiger partial charge < -0.3 is 15.8 Å². The van der Waals surface area contributed by atoms with Crippen molar-refractivity contribution in [2.24, 2.45) is 0 Å². The molecule has 3 N–H and O–H groups in total. The number of hydrogen-bond donors (Lipinski definition) is 2. The van der Waals surface area contributed by atoms with Crippen LogP contribution in [0.5, 0.6) is 5.75 Å². The maximum absolute atomic E-state index is 5.73. The summed E-state index contributed by atoms with van der Waals surface area (Å²) in [6, 6.07) is 10.4. The van der Waals surface area contributed by atoms with E-state index in [1.54, 1.807) is 13.3 Å². The molecule has 1 aromatic heterocycles. The van der Waals surface area contributed by atoms with E-state index in [0.29, 0.717) is 5.82 Å². The van der Waals surface area contributed by atoms with Crippen molar-refractivity contribution in [3.8, 4) is 5.75 Å². The quantitative estimate of drug-likeness (QED) is 0.877. The van der Waals surface area contributed by atoms with Crippen molar-refractivity contribution in [3.63, 3.8) is 0 Å². The molecule has 1 heterocycles. The van der Waals surface area contributed by atoms with E-state index in [4.69, 9.17) is 10.5 Å². The number of methoxy groups -OCH3 is 1. The summed E-state index contributed by atoms with van der Waals surface area (Å²) in [6.45, 7) is 2.06. The number of aryl methyl sites for hydroxylation is 1. The highest BCUT2D eigenvalue weighted by atomic mass is 16.5. The summed E-state index contributed by atoms with van der Waals surface area (Å²) in [4.78, 5) is 4.02. The Labute approximate surface area is 120 Å². The number of nitrogen functional groups attached to an aromatic ring is 1. The fourth-order valence-corrected chi connectivity index (χ4v) is 2.36. The van der Waals surface area contributed by atoms with Crippen LogP contribution in [0.25, 0.3) is 0 Å². The Morgan fingerprint density at radius 2 is 2.10 bits per heavy atom. The third-order valence-corrected chi connectivity index (χ3v) is 3.46. The molecular formula is C16H21N3O. The molecule has 0 aliphatic heterocycles. The molecule has 4 nitrogen and oxygen atoms in total. The highest BCUT2D eigenvalue weighted by Gasteiger charge is 2.12. The number of ether oxygens (including phenoxy) is 1. The summed E-state index contributed by atoms with van der Waals surface area (Å²) in [5.41, 5.74) is 9.28. The van der Waals surface area contributed by atoms with E-state index in [9.17, 15) is 0 Å². The van der Waals surface area contributed by atoms with Gasteiger partial charge in [0.2, 0.25) is 0 Å². The van der Waals surface area contributed by atoms with Gasteiger partial charge in [-0.25, -0.2) is 4.98 Å². The Hall–Kier alpha value is -2.07. The topological polar surface area (TPSA) is 60.2 Å². The van der Waals surface area contributed by atoms with Crippen molar-refractivity contribution < 1.29 is 4.74 Å². The number of rotatable bonds is 5. The van der Waals surface area contributed by atoms with E-state index >= 15 is 0 Å². The summed E-state index contributed by atoms with van der Waals surface area (Å²) >= 11 is 0. The first-order valence-electron chi connectivity index (χ1n) is 6.66. The Balaban J connectivity index is 2.22. The molecular weight excluding hydrogens is 250 g/mol. The van der Waals surface area contributed by atoms with Crippen molar-refractivity contribution in [1.29, 1.82) is 0 Å². The van der Waals surface area contributed by atoms with Gasteiger partial charge in [0.15, 0.2) is 0 Å². The van der Waals surface area contributed by atoms with Crippen LogP contribution in [-0.4, -0.2) is 19.1 Å². The van der Waals surface area contributed by atoms with Gasteiger partial charge in [-0.1, -0.05) is 12.1 Å². The number of nitrogens with one attached hydrogen (secondary N) is 1. The molecule has 0 saturated heterocycles. The Kier molecular flexibility index (Phi) is 4.58. The first kappa shape index (κ1) is 14.3. The molecule has 4 heteroatoms. The van der Waals surface area contributed by atoms with Gasteiger partial charge >= 0.3 is 0 Å². The largest absolute Gasteiger partial charge is 0.496 e. The van der Waals surface area contributed by atoms with Gasteiger partial charge in [-0.15, -0.1) is 0 Å². The van der Waals surface area contributed by atoms with Crippen LogP contribution in [0.15, 0.2) is 36.5 Å². The van der Waals surface area contributed by atoms with E-state index in [1.165, 1.54) is 11.1 Å². The van der Waals surface area contributed by atoms with Crippen molar-refractivity contribution in [3.05, 3.63) is 53.2 Å². The van der Waals surface area contributed by atoms with Crippen LogP contribution in [0.3, 0.4) is 0 Å². The number of pyridine rings is 1. The number of aromatic nitrogens is 1. The molecule has 0 aliphatic rings. The first-order valence-corrected chi connectivity index (χ1v) is 6.66. The summed E-state index contributed by atoms with van der Waals surface area (Å²) in [5.74, 6) is 1.47. The first-order chi connectivity index (χ1) is 9.63. The number of nitrogens with two attached hydrogens (primary N) is 1. The van der Waals surface area contributed by atoms with Gasteiger partial charge in [0.1, 0.15) is 11.6 Å². The number of benzene rings is 1. The third kappa shape index (κ3) is 3.27. The fraction of sp³-hybridized carbons (Fsp3) is 0.312. The molecule has 0 fully saturated rings. The lowest BCUT2D eigenvalue weighted by atomic mass is 9.98. The van der Waals surface area contributed by atoms with E-state index < -0.39 is 0 Å². The van der Waals surface area contributed by atoms with Crippen LogP contribution < -0.4 is 15.8 Å². The molecule has 2 rings (SSSR count). The molecule has 20 heavy (non-hydrogen) atoms. The van der Waals surface area contributed by atoms with Gasteiger partial charge in [-0.05, 0) is 55.3 Å². The van der Waals surface area contributed by atoms with Gasteiger partial charge in [0.05, 0.1) is 7.11 Å². The Morgan fingerprint density at radius 1 is 1.30 bits per heavy atom. The molecule has 1 aromatic carbocycles. The van der Waals surface area contributed by atoms with Crippen molar-refractivity contribution in [2.75, 3.05) is 19.9 Å². The standard InChI is InChI=1S/C16H21N3O/c1-11-8-13(4-5-15(11)20-3)14(18-2)9-12-6-7-19-16(17)10-12/h4-8,10,14,18H,9H2,1-3H3,(H2,17,19). The van der Waals surface area contributed by atoms with E-state index in [-0.39, 0.29) is 6.04 Å². The Bertz CT molecular complexity index is 584. The van der Waals surface area contributed by atoms with Crippen molar-refractivity contribution in [1.82, 2.24) is 10.3 Å². The van der Waals surface area contributed by atoms with Crippen LogP contribution >= 0.6 is 0 Å². The molecule has 0 amide bonds. The molecule has 2 aromatic rings. The SMILES string of the molecule is CNC(Cc1ccnc(N)c1)c1ccc(OC)c(C)c1. The van der Waals surface area contributed by atoms with Gasteiger partial charge in [0, 0.05) is 12.2 Å². The zero-order chi connectivity index (χ0) is 14.5. The molecule has 1 unspecified atom stereocenters. The second-order valence-corrected chi connectivity index (χ2v) is 4.86. The van der Waals surface area contributed by atoms with Crippen LogP contribution in [0.4, 0.5) is 5.82 Å². The predicted molar refractivity (Wildman–Crippen MR) is 81.9 cm³/mol. The number of nitrogens with zero attached hydrogens (tertiary/aromatic N) is 1. The lowest BCUT2D eigenvalue weighted by molar-refractivity contribution is 0.411. The molecule has 0 bridgehead atoms. The summed E-state index contributed by atoms with van der Waals surface area (Å²) in [7, 11) is 3.66. The van der Waals surface area contributed by atoms with Gasteiger partial charge in [-0.2, -0.15) is 0 Å². The Morgan fingerprint density at radius 3 is 2.70 bits per heavy atom. The highest BCUT2D eigenvalue weighted by Crippen LogP contribution is 2.24. The van der Waals surface area contributed by atoms with Crippen LogP contribution in [-0.2, 0) is 6.42 Å². The lowest BCUT2D eigenvalue weighted by Crippen LogP contribution is -2.19. The average molecular weight is 271 g/mol. The van der Waals surface area contributed by atoms with E-state index in [0.717, 1.165) is 17.7 Å². The second-order valence-electron chi connectivity index (χ2n) is 4.86. The van der Waals surface area contributed by atoms with Gasteiger partial charge in [-0.3, -0.25) is 0 Å². The maximum Gasteiger partial charge on any atom is 0.123 e. The molecule has 0 spiro atoms. The smallest absolute Gasteiger partial charge is 0.123 e. The predicted octanol–water partition coefficient (Wildman–Crippen LogP) is 2.48. The summed E-state index contributed by atoms with van der Waals surface area (Å²) in [6.07, 6.45) is 2.62. The molecule has 1 atom stereocenters. The fourth-order valence-electron chi connectivity index (χ4n) is 2.36. The number of anilines is 1. The summed E-state index contributed by atoms with van der Waals surface area (Å²) < 4.78 is 5.30. The van der Waals surface area contributed by atoms with Crippen LogP contribution in [0.1, 0.15) is 22.7 Å². The van der Waals surface area contributed by atoms with Crippen LogP contribution in [0, 0.1) is 6.92 Å². The normalized spacial score (nSPS) is 12.2. The summed E-state index contributed by atoms with van der Waals surface area (Å²) in [5, 5.41) is 3.35. The molecule has 106 valence electrons. The van der Waals surface area contributed by atoms with E-state index in [1.807, 2.05) is 25.2 Å². The maximum atomic E-state index is 5.73. The third-order valence-electron chi connectivity index (χ3n) is 3.46. The lowest BCUT2D eigenvalue weighted by Gasteiger charge is -2.18. The number of likely N-dealkylation sites (N-methyl/N-ethyl adjacent to an activating group) is 1. The van der Waals surface area contributed by atoms with Crippen molar-refractivity contribution >= 4 is 5.82 Å². The van der Waals surface area contributed by atoms with E-state index in [2.05, 4.69) is 29.4 Å². The van der Waals surface area contributed by atoms with Crippen LogP contribution in [0.2, 0.25) is 0 Å².